The molecule has 2 saturated carbocycles. The highest BCUT2D eigenvalue weighted by molar-refractivity contribution is 7.09. The van der Waals surface area contributed by atoms with Crippen molar-refractivity contribution in [3.63, 3.8) is 0 Å². The molecule has 0 saturated heterocycles. The van der Waals surface area contributed by atoms with E-state index in [1.165, 1.54) is 24.1 Å². The molecular formula is C16H19NOS. The zero-order chi connectivity index (χ0) is 12.8. The average molecular weight is 273 g/mol. The number of hydrogen-bond acceptors (Lipinski definition) is 2. The largest absolute Gasteiger partial charge is 0.334 e. The maximum atomic E-state index is 12.8. The second-order valence-corrected chi connectivity index (χ2v) is 7.20. The van der Waals surface area contributed by atoms with Crippen LogP contribution in [0.25, 0.3) is 0 Å². The Morgan fingerprint density at radius 3 is 2.79 bits per heavy atom. The summed E-state index contributed by atoms with van der Waals surface area (Å²) in [5, 5.41) is 2.10. The van der Waals surface area contributed by atoms with Crippen molar-refractivity contribution in [3.05, 3.63) is 34.5 Å². The third-order valence-corrected chi connectivity index (χ3v) is 5.63. The molecule has 1 aromatic rings. The molecule has 2 nitrogen and oxygen atoms in total. The van der Waals surface area contributed by atoms with Crippen molar-refractivity contribution in [1.29, 1.82) is 0 Å². The molecule has 4 rings (SSSR count). The molecule has 3 atom stereocenters. The molecule has 1 aromatic heterocycles. The van der Waals surface area contributed by atoms with Gasteiger partial charge in [-0.05, 0) is 49.0 Å². The predicted molar refractivity (Wildman–Crippen MR) is 76.7 cm³/mol. The molecule has 19 heavy (non-hydrogen) atoms. The van der Waals surface area contributed by atoms with Gasteiger partial charge >= 0.3 is 0 Å². The summed E-state index contributed by atoms with van der Waals surface area (Å²) < 4.78 is 0. The van der Waals surface area contributed by atoms with E-state index in [0.29, 0.717) is 23.8 Å². The van der Waals surface area contributed by atoms with Gasteiger partial charge in [-0.25, -0.2) is 0 Å². The summed E-state index contributed by atoms with van der Waals surface area (Å²) >= 11 is 1.76. The zero-order valence-electron chi connectivity index (χ0n) is 11.0. The number of carbonyl (C=O) groups excluding carboxylic acids is 1. The molecule has 0 radical (unpaired) electrons. The number of hydrogen-bond donors (Lipinski definition) is 0. The molecule has 2 bridgehead atoms. The van der Waals surface area contributed by atoms with Crippen LogP contribution in [0.3, 0.4) is 0 Å². The third kappa shape index (κ3) is 2.14. The number of nitrogens with zero attached hydrogens (tertiary/aromatic N) is 1. The van der Waals surface area contributed by atoms with Crippen LogP contribution in [0.1, 0.15) is 30.6 Å². The van der Waals surface area contributed by atoms with Crippen LogP contribution in [0.15, 0.2) is 29.7 Å². The minimum absolute atomic E-state index is 0.274. The number of amides is 1. The monoisotopic (exact) mass is 273 g/mol. The van der Waals surface area contributed by atoms with Crippen LogP contribution in [-0.2, 0) is 11.3 Å². The average Bonchev–Trinajstić information content (AvgIpc) is 2.86. The van der Waals surface area contributed by atoms with E-state index >= 15 is 0 Å². The summed E-state index contributed by atoms with van der Waals surface area (Å²) in [6.07, 6.45) is 9.31. The van der Waals surface area contributed by atoms with Gasteiger partial charge in [-0.2, -0.15) is 0 Å². The van der Waals surface area contributed by atoms with Gasteiger partial charge in [0.2, 0.25) is 5.91 Å². The lowest BCUT2D eigenvalue weighted by Crippen LogP contribution is -2.38. The second-order valence-electron chi connectivity index (χ2n) is 6.16. The van der Waals surface area contributed by atoms with Crippen LogP contribution in [0.2, 0.25) is 0 Å². The predicted octanol–water partition coefficient (Wildman–Crippen LogP) is 3.45. The van der Waals surface area contributed by atoms with Gasteiger partial charge in [0.15, 0.2) is 0 Å². The Morgan fingerprint density at radius 1 is 1.32 bits per heavy atom. The molecule has 3 aliphatic rings. The summed E-state index contributed by atoms with van der Waals surface area (Å²) in [6, 6.07) is 4.75. The Balaban J connectivity index is 1.51. The quantitative estimate of drug-likeness (QED) is 0.769. The minimum Gasteiger partial charge on any atom is -0.334 e. The number of rotatable bonds is 4. The molecule has 1 amide bonds. The van der Waals surface area contributed by atoms with Crippen LogP contribution in [-0.4, -0.2) is 16.8 Å². The number of fused-ring (bicyclic) bond motifs is 2. The highest BCUT2D eigenvalue weighted by atomic mass is 32.1. The molecule has 3 heteroatoms. The molecule has 3 aliphatic carbocycles. The Labute approximate surface area is 118 Å². The fourth-order valence-corrected chi connectivity index (χ4v) is 4.32. The highest BCUT2D eigenvalue weighted by Gasteiger charge is 2.44. The normalized spacial score (nSPS) is 31.9. The SMILES string of the molecule is O=C([C@@H]1C[C@H]2C=C[C@H]1C2)N(Cc1cccs1)C1CC1. The zero-order valence-corrected chi connectivity index (χ0v) is 11.8. The van der Waals surface area contributed by atoms with Crippen LogP contribution in [0.4, 0.5) is 0 Å². The summed E-state index contributed by atoms with van der Waals surface area (Å²) in [5.74, 6) is 1.91. The molecule has 0 aliphatic heterocycles. The number of carbonyl (C=O) groups is 1. The summed E-state index contributed by atoms with van der Waals surface area (Å²) in [7, 11) is 0. The number of thiophene rings is 1. The Bertz CT molecular complexity index is 503. The molecule has 0 spiro atoms. The summed E-state index contributed by atoms with van der Waals surface area (Å²) in [6.45, 7) is 0.832. The smallest absolute Gasteiger partial charge is 0.226 e. The maximum absolute atomic E-state index is 12.8. The van der Waals surface area contributed by atoms with Gasteiger partial charge in [-0.1, -0.05) is 18.2 Å². The first kappa shape index (κ1) is 11.7. The van der Waals surface area contributed by atoms with E-state index in [4.69, 9.17) is 0 Å². The van der Waals surface area contributed by atoms with Crippen molar-refractivity contribution in [1.82, 2.24) is 4.90 Å². The van der Waals surface area contributed by atoms with Crippen molar-refractivity contribution >= 4 is 17.2 Å². The van der Waals surface area contributed by atoms with E-state index in [0.717, 1.165) is 13.0 Å². The Kier molecular flexibility index (Phi) is 2.76. The first-order chi connectivity index (χ1) is 9.31. The van der Waals surface area contributed by atoms with Gasteiger partial charge in [0.05, 0.1) is 6.54 Å². The van der Waals surface area contributed by atoms with E-state index in [1.54, 1.807) is 11.3 Å². The lowest BCUT2D eigenvalue weighted by Gasteiger charge is -2.28. The molecule has 0 unspecified atom stereocenters. The van der Waals surface area contributed by atoms with Gasteiger partial charge in [0, 0.05) is 16.8 Å². The first-order valence-electron chi connectivity index (χ1n) is 7.32. The van der Waals surface area contributed by atoms with Gasteiger partial charge in [0.1, 0.15) is 0 Å². The minimum atomic E-state index is 0.274. The fraction of sp³-hybridized carbons (Fsp3) is 0.562. The third-order valence-electron chi connectivity index (χ3n) is 4.77. The van der Waals surface area contributed by atoms with E-state index in [2.05, 4.69) is 34.6 Å². The standard InChI is InChI=1S/C16H19NOS/c18-16(15-9-11-3-4-12(15)8-11)17(13-5-6-13)10-14-2-1-7-19-14/h1-4,7,11-13,15H,5-6,8-10H2/t11-,12-,15+/m0/s1. The van der Waals surface area contributed by atoms with Crippen LogP contribution < -0.4 is 0 Å². The van der Waals surface area contributed by atoms with E-state index in [9.17, 15) is 4.79 Å². The van der Waals surface area contributed by atoms with Gasteiger partial charge in [-0.3, -0.25) is 4.79 Å². The van der Waals surface area contributed by atoms with E-state index in [1.807, 2.05) is 0 Å². The first-order valence-corrected chi connectivity index (χ1v) is 8.20. The van der Waals surface area contributed by atoms with Gasteiger partial charge < -0.3 is 4.90 Å². The van der Waals surface area contributed by atoms with Crippen molar-refractivity contribution in [2.24, 2.45) is 17.8 Å². The Hall–Kier alpha value is -1.09. The topological polar surface area (TPSA) is 20.3 Å². The highest BCUT2D eigenvalue weighted by Crippen LogP contribution is 2.45. The van der Waals surface area contributed by atoms with Gasteiger partial charge in [-0.15, -0.1) is 11.3 Å². The summed E-state index contributed by atoms with van der Waals surface area (Å²) in [5.41, 5.74) is 0. The van der Waals surface area contributed by atoms with E-state index in [-0.39, 0.29) is 5.92 Å². The molecule has 0 N–H and O–H groups in total. The van der Waals surface area contributed by atoms with E-state index < -0.39 is 0 Å². The Morgan fingerprint density at radius 2 is 2.21 bits per heavy atom. The fourth-order valence-electron chi connectivity index (χ4n) is 3.62. The molecule has 100 valence electrons. The molecular weight excluding hydrogens is 254 g/mol. The second kappa shape index (κ2) is 4.48. The number of allylic oxidation sites excluding steroid dienone is 2. The molecule has 0 aromatic carbocycles. The van der Waals surface area contributed by atoms with Crippen LogP contribution >= 0.6 is 11.3 Å². The van der Waals surface area contributed by atoms with Crippen LogP contribution in [0, 0.1) is 17.8 Å². The van der Waals surface area contributed by atoms with Crippen molar-refractivity contribution < 1.29 is 4.79 Å². The van der Waals surface area contributed by atoms with Crippen molar-refractivity contribution in [2.45, 2.75) is 38.3 Å². The maximum Gasteiger partial charge on any atom is 0.226 e. The van der Waals surface area contributed by atoms with Crippen molar-refractivity contribution in [2.75, 3.05) is 0 Å². The van der Waals surface area contributed by atoms with Crippen molar-refractivity contribution in [3.8, 4) is 0 Å². The summed E-state index contributed by atoms with van der Waals surface area (Å²) in [4.78, 5) is 16.3. The lowest BCUT2D eigenvalue weighted by molar-refractivity contribution is -0.137. The molecule has 2 fully saturated rings. The molecule has 1 heterocycles. The van der Waals surface area contributed by atoms with Crippen LogP contribution in [0.5, 0.6) is 0 Å². The lowest BCUT2D eigenvalue weighted by atomic mass is 9.92. The van der Waals surface area contributed by atoms with Gasteiger partial charge in [0.25, 0.3) is 0 Å².